The van der Waals surface area contributed by atoms with Crippen molar-refractivity contribution in [2.75, 3.05) is 39.5 Å². The average molecular weight is 468 g/mol. The van der Waals surface area contributed by atoms with Gasteiger partial charge in [-0.05, 0) is 30.3 Å². The van der Waals surface area contributed by atoms with Crippen LogP contribution < -0.4 is 0 Å². The van der Waals surface area contributed by atoms with E-state index in [9.17, 15) is 23.1 Å². The number of ether oxygens (including phenoxy) is 1. The van der Waals surface area contributed by atoms with Crippen LogP contribution in [0, 0.1) is 0 Å². The Labute approximate surface area is 189 Å². The number of fused-ring (bicyclic) bond motifs is 3. The summed E-state index contributed by atoms with van der Waals surface area (Å²) < 4.78 is 32.9. The van der Waals surface area contributed by atoms with Crippen molar-refractivity contribution in [1.82, 2.24) is 19.2 Å². The van der Waals surface area contributed by atoms with Gasteiger partial charge in [0, 0.05) is 36.4 Å². The minimum atomic E-state index is -3.82. The van der Waals surface area contributed by atoms with Crippen LogP contribution in [0.5, 0.6) is 0 Å². The quantitative estimate of drug-likeness (QED) is 0.547. The van der Waals surface area contributed by atoms with E-state index in [1.54, 1.807) is 30.6 Å². The number of benzene rings is 1. The van der Waals surface area contributed by atoms with Gasteiger partial charge in [0.15, 0.2) is 0 Å². The number of hydrogen-bond acceptors (Lipinski definition) is 8. The lowest BCUT2D eigenvalue weighted by Crippen LogP contribution is -2.40. The molecule has 3 aromatic rings. The molecule has 170 valence electrons. The molecule has 10 nitrogen and oxygen atoms in total. The molecule has 2 amide bonds. The largest absolute Gasteiger partial charge is 0.395 e. The molecule has 2 aliphatic heterocycles. The van der Waals surface area contributed by atoms with Gasteiger partial charge in [0.25, 0.3) is 11.8 Å². The molecule has 0 atom stereocenters. The lowest BCUT2D eigenvalue weighted by molar-refractivity contribution is 0.0625. The first-order valence-corrected chi connectivity index (χ1v) is 11.8. The van der Waals surface area contributed by atoms with Crippen molar-refractivity contribution in [3.8, 4) is 11.3 Å². The standard InChI is InChI=1S/C22H20N4O6S/c27-10-7-26-21(28)18-16-13-15(33(30,31)25-8-11-32-12-9-25)1-2-17(16)24-20(19(18)22(26)29)14-3-5-23-6-4-14/h1-6,13,27H,7-12H2. The molecule has 2 aromatic heterocycles. The number of morpholine rings is 1. The zero-order chi connectivity index (χ0) is 23.2. The van der Waals surface area contributed by atoms with Gasteiger partial charge in [-0.1, -0.05) is 0 Å². The van der Waals surface area contributed by atoms with Gasteiger partial charge in [-0.2, -0.15) is 4.31 Å². The van der Waals surface area contributed by atoms with Crippen molar-refractivity contribution in [3.63, 3.8) is 0 Å². The summed E-state index contributed by atoms with van der Waals surface area (Å²) in [6.45, 7) is 0.524. The molecule has 0 radical (unpaired) electrons. The van der Waals surface area contributed by atoms with E-state index in [2.05, 4.69) is 9.97 Å². The highest BCUT2D eigenvalue weighted by atomic mass is 32.2. The van der Waals surface area contributed by atoms with Crippen LogP contribution in [0.3, 0.4) is 0 Å². The zero-order valence-corrected chi connectivity index (χ0v) is 18.3. The molecule has 1 fully saturated rings. The van der Waals surface area contributed by atoms with Gasteiger partial charge >= 0.3 is 0 Å². The van der Waals surface area contributed by atoms with Crippen molar-refractivity contribution < 1.29 is 27.9 Å². The van der Waals surface area contributed by atoms with Crippen molar-refractivity contribution in [1.29, 1.82) is 0 Å². The number of pyridine rings is 2. The smallest absolute Gasteiger partial charge is 0.263 e. The number of hydrogen-bond donors (Lipinski definition) is 1. The van der Waals surface area contributed by atoms with Crippen LogP contribution in [-0.4, -0.2) is 84.0 Å². The molecular weight excluding hydrogens is 448 g/mol. The van der Waals surface area contributed by atoms with Crippen LogP contribution >= 0.6 is 0 Å². The van der Waals surface area contributed by atoms with E-state index in [1.807, 2.05) is 0 Å². The second-order valence-electron chi connectivity index (χ2n) is 7.63. The van der Waals surface area contributed by atoms with Crippen LogP contribution in [0.15, 0.2) is 47.6 Å². The topological polar surface area (TPSA) is 130 Å². The van der Waals surface area contributed by atoms with E-state index >= 15 is 0 Å². The van der Waals surface area contributed by atoms with Crippen LogP contribution in [0.1, 0.15) is 20.7 Å². The maximum atomic E-state index is 13.2. The summed E-state index contributed by atoms with van der Waals surface area (Å²) in [4.78, 5) is 36.0. The maximum absolute atomic E-state index is 13.2. The first-order valence-electron chi connectivity index (χ1n) is 10.4. The molecule has 33 heavy (non-hydrogen) atoms. The van der Waals surface area contributed by atoms with Gasteiger partial charge in [-0.15, -0.1) is 0 Å². The molecule has 1 N–H and O–H groups in total. The van der Waals surface area contributed by atoms with E-state index in [-0.39, 0.29) is 41.0 Å². The number of nitrogens with zero attached hydrogens (tertiary/aromatic N) is 4. The van der Waals surface area contributed by atoms with Gasteiger partial charge in [-0.3, -0.25) is 19.5 Å². The molecule has 0 spiro atoms. The van der Waals surface area contributed by atoms with Gasteiger partial charge in [0.05, 0.1) is 53.6 Å². The molecule has 1 aromatic carbocycles. The molecule has 11 heteroatoms. The highest BCUT2D eigenvalue weighted by Gasteiger charge is 2.40. The summed E-state index contributed by atoms with van der Waals surface area (Å²) in [6.07, 6.45) is 3.11. The normalized spacial score (nSPS) is 17.1. The third-order valence-corrected chi connectivity index (χ3v) is 7.65. The highest BCUT2D eigenvalue weighted by molar-refractivity contribution is 7.89. The minimum Gasteiger partial charge on any atom is -0.395 e. The van der Waals surface area contributed by atoms with Gasteiger partial charge < -0.3 is 9.84 Å². The number of carbonyl (C=O) groups is 2. The summed E-state index contributed by atoms with van der Waals surface area (Å²) in [6, 6.07) is 7.75. The first kappa shape index (κ1) is 21.6. The number of imide groups is 1. The molecule has 4 heterocycles. The average Bonchev–Trinajstić information content (AvgIpc) is 3.10. The fourth-order valence-electron chi connectivity index (χ4n) is 4.15. The number of aliphatic hydroxyl groups excluding tert-OH is 1. The van der Waals surface area contributed by atoms with Gasteiger partial charge in [0.2, 0.25) is 10.0 Å². The Morgan fingerprint density at radius 2 is 1.70 bits per heavy atom. The second-order valence-corrected chi connectivity index (χ2v) is 9.57. The summed E-state index contributed by atoms with van der Waals surface area (Å²) in [5.74, 6) is -1.17. The number of amides is 2. The zero-order valence-electron chi connectivity index (χ0n) is 17.5. The first-order chi connectivity index (χ1) is 15.9. The summed E-state index contributed by atoms with van der Waals surface area (Å²) in [7, 11) is -3.82. The molecule has 0 unspecified atom stereocenters. The van der Waals surface area contributed by atoms with Gasteiger partial charge in [0.1, 0.15) is 0 Å². The number of rotatable bonds is 5. The van der Waals surface area contributed by atoms with Crippen molar-refractivity contribution in [2.45, 2.75) is 4.90 Å². The Hall–Kier alpha value is -3.25. The van der Waals surface area contributed by atoms with Crippen LogP contribution in [0.2, 0.25) is 0 Å². The highest BCUT2D eigenvalue weighted by Crippen LogP contribution is 2.37. The molecule has 0 bridgehead atoms. The summed E-state index contributed by atoms with van der Waals surface area (Å²) >= 11 is 0. The van der Waals surface area contributed by atoms with Crippen molar-refractivity contribution in [3.05, 3.63) is 53.9 Å². The maximum Gasteiger partial charge on any atom is 0.263 e. The molecule has 5 rings (SSSR count). The number of carbonyl (C=O) groups excluding carboxylic acids is 2. The third-order valence-electron chi connectivity index (χ3n) is 5.76. The van der Waals surface area contributed by atoms with E-state index in [0.717, 1.165) is 4.90 Å². The number of sulfonamides is 1. The predicted molar refractivity (Wildman–Crippen MR) is 117 cm³/mol. The Balaban J connectivity index is 1.74. The number of aromatic nitrogens is 2. The molecule has 1 saturated heterocycles. The molecular formula is C22H20N4O6S. The summed E-state index contributed by atoms with van der Waals surface area (Å²) in [5, 5.41) is 9.64. The fraction of sp³-hybridized carbons (Fsp3) is 0.273. The van der Waals surface area contributed by atoms with Crippen molar-refractivity contribution in [2.24, 2.45) is 0 Å². The second kappa shape index (κ2) is 8.27. The van der Waals surface area contributed by atoms with Gasteiger partial charge in [-0.25, -0.2) is 13.4 Å². The van der Waals surface area contributed by atoms with E-state index in [0.29, 0.717) is 30.0 Å². The Kier molecular flexibility index (Phi) is 5.41. The fourth-order valence-corrected chi connectivity index (χ4v) is 5.59. The van der Waals surface area contributed by atoms with Crippen LogP contribution in [0.4, 0.5) is 0 Å². The van der Waals surface area contributed by atoms with Crippen LogP contribution in [-0.2, 0) is 14.8 Å². The number of aliphatic hydroxyl groups is 1. The monoisotopic (exact) mass is 468 g/mol. The van der Waals surface area contributed by atoms with Crippen molar-refractivity contribution >= 4 is 32.7 Å². The lowest BCUT2D eigenvalue weighted by atomic mass is 9.99. The number of β-amino-alcohol motifs (C(OH)–C–C–N with tert-alkyl or cyclic N) is 1. The van der Waals surface area contributed by atoms with E-state index < -0.39 is 28.4 Å². The van der Waals surface area contributed by atoms with E-state index in [4.69, 9.17) is 4.74 Å². The van der Waals surface area contributed by atoms with E-state index in [1.165, 1.54) is 16.4 Å². The minimum absolute atomic E-state index is 0.0124. The molecule has 2 aliphatic rings. The SMILES string of the molecule is O=C1c2c(-c3ccncc3)nc3ccc(S(=O)(=O)N4CCOCC4)cc3c2C(=O)N1CCO. The van der Waals surface area contributed by atoms with Crippen LogP contribution in [0.25, 0.3) is 22.2 Å². The predicted octanol–water partition coefficient (Wildman–Crippen LogP) is 0.906. The Bertz CT molecular complexity index is 1370. The Morgan fingerprint density at radius 1 is 1.00 bits per heavy atom. The Morgan fingerprint density at radius 3 is 2.39 bits per heavy atom. The molecule has 0 aliphatic carbocycles. The third kappa shape index (κ3) is 3.49. The lowest BCUT2D eigenvalue weighted by Gasteiger charge is -2.26. The summed E-state index contributed by atoms with van der Waals surface area (Å²) in [5.41, 5.74) is 1.47. The molecule has 0 saturated carbocycles.